The number of hydrogen-bond donors (Lipinski definition) is 1. The number of nitro benzene ring substituents is 1. The van der Waals surface area contributed by atoms with Gasteiger partial charge in [0.05, 0.1) is 22.7 Å². The van der Waals surface area contributed by atoms with Crippen LogP contribution in [0, 0.1) is 10.1 Å². The van der Waals surface area contributed by atoms with Gasteiger partial charge in [-0.15, -0.1) is 0 Å². The van der Waals surface area contributed by atoms with Gasteiger partial charge < -0.3 is 5.32 Å². The van der Waals surface area contributed by atoms with Crippen molar-refractivity contribution in [2.75, 3.05) is 5.32 Å². The first-order valence-electron chi connectivity index (χ1n) is 9.44. The van der Waals surface area contributed by atoms with Gasteiger partial charge in [0.2, 0.25) is 5.91 Å². The summed E-state index contributed by atoms with van der Waals surface area (Å²) in [6.45, 7) is 0. The fourth-order valence-electron chi connectivity index (χ4n) is 3.15. The average molecular weight is 433 g/mol. The van der Waals surface area contributed by atoms with Crippen LogP contribution in [0.4, 0.5) is 11.4 Å². The molecule has 31 heavy (non-hydrogen) atoms. The van der Waals surface area contributed by atoms with Gasteiger partial charge in [-0.05, 0) is 36.4 Å². The Labute approximate surface area is 183 Å². The van der Waals surface area contributed by atoms with E-state index in [2.05, 4.69) is 5.32 Å². The highest BCUT2D eigenvalue weighted by molar-refractivity contribution is 6.30. The molecule has 0 unspecified atom stereocenters. The molecule has 0 aliphatic heterocycles. The highest BCUT2D eigenvalue weighted by atomic mass is 35.5. The number of anilines is 1. The van der Waals surface area contributed by atoms with Crippen LogP contribution in [-0.2, 0) is 11.2 Å². The Morgan fingerprint density at radius 3 is 2.32 bits per heavy atom. The second kappa shape index (κ2) is 8.81. The third-order valence-electron chi connectivity index (χ3n) is 4.64. The first-order chi connectivity index (χ1) is 15.0. The number of rotatable bonds is 6. The van der Waals surface area contributed by atoms with Crippen molar-refractivity contribution in [1.82, 2.24) is 9.78 Å². The van der Waals surface area contributed by atoms with Gasteiger partial charge in [-0.2, -0.15) is 5.10 Å². The molecule has 0 fully saturated rings. The summed E-state index contributed by atoms with van der Waals surface area (Å²) in [6, 6.07) is 22.6. The normalized spacial score (nSPS) is 10.6. The Morgan fingerprint density at radius 1 is 1.00 bits per heavy atom. The number of nitrogens with zero attached hydrogens (tertiary/aromatic N) is 3. The van der Waals surface area contributed by atoms with Crippen LogP contribution in [-0.4, -0.2) is 20.6 Å². The van der Waals surface area contributed by atoms with Gasteiger partial charge in [0.15, 0.2) is 0 Å². The molecule has 4 aromatic rings. The Morgan fingerprint density at radius 2 is 1.68 bits per heavy atom. The van der Waals surface area contributed by atoms with Crippen molar-refractivity contribution in [2.45, 2.75) is 6.42 Å². The van der Waals surface area contributed by atoms with E-state index in [0.717, 1.165) is 16.8 Å². The molecule has 0 atom stereocenters. The lowest BCUT2D eigenvalue weighted by Gasteiger charge is -2.06. The molecule has 0 spiro atoms. The highest BCUT2D eigenvalue weighted by Gasteiger charge is 2.16. The van der Waals surface area contributed by atoms with Crippen LogP contribution in [0.25, 0.3) is 16.9 Å². The van der Waals surface area contributed by atoms with Gasteiger partial charge in [0.25, 0.3) is 5.69 Å². The van der Waals surface area contributed by atoms with Gasteiger partial charge in [-0.25, -0.2) is 4.68 Å². The summed E-state index contributed by atoms with van der Waals surface area (Å²) in [5.41, 5.74) is 3.59. The molecule has 0 bridgehead atoms. The van der Waals surface area contributed by atoms with E-state index in [9.17, 15) is 14.9 Å². The second-order valence-corrected chi connectivity index (χ2v) is 7.26. The van der Waals surface area contributed by atoms with Crippen LogP contribution in [0.15, 0.2) is 85.1 Å². The molecule has 3 aromatic carbocycles. The average Bonchev–Trinajstić information content (AvgIpc) is 3.19. The summed E-state index contributed by atoms with van der Waals surface area (Å²) >= 11 is 6.01. The van der Waals surface area contributed by atoms with E-state index in [-0.39, 0.29) is 18.0 Å². The van der Waals surface area contributed by atoms with E-state index >= 15 is 0 Å². The fourth-order valence-corrected chi connectivity index (χ4v) is 3.27. The van der Waals surface area contributed by atoms with Crippen molar-refractivity contribution in [3.05, 3.63) is 106 Å². The Hall–Kier alpha value is -3.97. The third kappa shape index (κ3) is 4.79. The third-order valence-corrected chi connectivity index (χ3v) is 4.89. The van der Waals surface area contributed by atoms with Crippen LogP contribution >= 0.6 is 11.6 Å². The lowest BCUT2D eigenvalue weighted by molar-refractivity contribution is -0.384. The molecular formula is C23H17ClN4O3. The molecule has 1 aromatic heterocycles. The summed E-state index contributed by atoms with van der Waals surface area (Å²) < 4.78 is 1.73. The quantitative estimate of drug-likeness (QED) is 0.331. The number of nitrogens with one attached hydrogen (secondary N) is 1. The number of amides is 1. The molecule has 154 valence electrons. The summed E-state index contributed by atoms with van der Waals surface area (Å²) in [5.74, 6) is -0.253. The molecule has 7 nitrogen and oxygen atoms in total. The zero-order chi connectivity index (χ0) is 21.8. The summed E-state index contributed by atoms with van der Waals surface area (Å²) in [6.07, 6.45) is 1.91. The maximum Gasteiger partial charge on any atom is 0.269 e. The van der Waals surface area contributed by atoms with Crippen LogP contribution in [0.3, 0.4) is 0 Å². The number of carbonyl (C=O) groups excluding carboxylic acids is 1. The zero-order valence-electron chi connectivity index (χ0n) is 16.2. The fraction of sp³-hybridized carbons (Fsp3) is 0.0435. The lowest BCUT2D eigenvalue weighted by atomic mass is 10.1. The minimum absolute atomic E-state index is 0.0350. The van der Waals surface area contributed by atoms with Gasteiger partial charge >= 0.3 is 0 Å². The summed E-state index contributed by atoms with van der Waals surface area (Å²) in [5, 5.41) is 18.9. The van der Waals surface area contributed by atoms with E-state index < -0.39 is 4.92 Å². The SMILES string of the molecule is O=C(Cc1cn(-c2ccccc2)nc1-c1ccc(Cl)cc1)Nc1ccc([N+](=O)[O-])cc1. The number of hydrogen-bond acceptors (Lipinski definition) is 4. The standard InChI is InChI=1S/C23H17ClN4O3/c24-18-8-6-16(7-9-18)23-17(15-27(26-23)20-4-2-1-3-5-20)14-22(29)25-19-10-12-21(13-11-19)28(30)31/h1-13,15H,14H2,(H,25,29). The van der Waals surface area contributed by atoms with Crippen LogP contribution in [0.1, 0.15) is 5.56 Å². The molecule has 1 amide bonds. The van der Waals surface area contributed by atoms with E-state index in [4.69, 9.17) is 16.7 Å². The molecule has 1 N–H and O–H groups in total. The summed E-state index contributed by atoms with van der Waals surface area (Å²) in [7, 11) is 0. The predicted octanol–water partition coefficient (Wildman–Crippen LogP) is 5.28. The van der Waals surface area contributed by atoms with Gasteiger partial charge in [-0.3, -0.25) is 14.9 Å². The molecular weight excluding hydrogens is 416 g/mol. The predicted molar refractivity (Wildman–Crippen MR) is 119 cm³/mol. The maximum absolute atomic E-state index is 12.7. The molecule has 0 aliphatic carbocycles. The molecule has 4 rings (SSSR count). The van der Waals surface area contributed by atoms with E-state index in [0.29, 0.717) is 16.4 Å². The first-order valence-corrected chi connectivity index (χ1v) is 9.81. The molecule has 0 aliphatic rings. The monoisotopic (exact) mass is 432 g/mol. The van der Waals surface area contributed by atoms with Crippen LogP contribution < -0.4 is 5.32 Å². The van der Waals surface area contributed by atoms with Gasteiger partial charge in [0, 0.05) is 40.2 Å². The maximum atomic E-state index is 12.7. The highest BCUT2D eigenvalue weighted by Crippen LogP contribution is 2.26. The van der Waals surface area contributed by atoms with Crippen molar-refractivity contribution >= 4 is 28.9 Å². The van der Waals surface area contributed by atoms with Crippen molar-refractivity contribution in [2.24, 2.45) is 0 Å². The Kier molecular flexibility index (Phi) is 5.77. The number of benzene rings is 3. The number of para-hydroxylation sites is 1. The molecule has 1 heterocycles. The smallest absolute Gasteiger partial charge is 0.269 e. The number of carbonyl (C=O) groups is 1. The number of non-ortho nitro benzene ring substituents is 1. The Balaban J connectivity index is 1.61. The van der Waals surface area contributed by atoms with E-state index in [1.165, 1.54) is 24.3 Å². The van der Waals surface area contributed by atoms with Crippen molar-refractivity contribution in [3.8, 4) is 16.9 Å². The number of nitro groups is 1. The first kappa shape index (κ1) is 20.3. The second-order valence-electron chi connectivity index (χ2n) is 6.82. The van der Waals surface area contributed by atoms with Crippen molar-refractivity contribution in [1.29, 1.82) is 0 Å². The molecule has 0 saturated carbocycles. The minimum atomic E-state index is -0.484. The molecule has 0 saturated heterocycles. The minimum Gasteiger partial charge on any atom is -0.326 e. The van der Waals surface area contributed by atoms with Crippen LogP contribution in [0.5, 0.6) is 0 Å². The van der Waals surface area contributed by atoms with Crippen LogP contribution in [0.2, 0.25) is 5.02 Å². The van der Waals surface area contributed by atoms with Gasteiger partial charge in [0.1, 0.15) is 0 Å². The Bertz CT molecular complexity index is 1220. The molecule has 8 heteroatoms. The summed E-state index contributed by atoms with van der Waals surface area (Å²) in [4.78, 5) is 23.0. The molecule has 0 radical (unpaired) electrons. The van der Waals surface area contributed by atoms with Crippen molar-refractivity contribution < 1.29 is 9.72 Å². The lowest BCUT2D eigenvalue weighted by Crippen LogP contribution is -2.14. The zero-order valence-corrected chi connectivity index (χ0v) is 17.0. The van der Waals surface area contributed by atoms with E-state index in [1.807, 2.05) is 48.7 Å². The number of halogens is 1. The van der Waals surface area contributed by atoms with Crippen molar-refractivity contribution in [3.63, 3.8) is 0 Å². The number of aromatic nitrogens is 2. The van der Waals surface area contributed by atoms with E-state index in [1.54, 1.807) is 16.8 Å². The van der Waals surface area contributed by atoms with Gasteiger partial charge in [-0.1, -0.05) is 41.9 Å². The topological polar surface area (TPSA) is 90.1 Å². The largest absolute Gasteiger partial charge is 0.326 e.